The summed E-state index contributed by atoms with van der Waals surface area (Å²) in [7, 11) is 0. The van der Waals surface area contributed by atoms with E-state index in [1.807, 2.05) is 30.3 Å². The van der Waals surface area contributed by atoms with Crippen molar-refractivity contribution in [3.05, 3.63) is 64.7 Å². The lowest BCUT2D eigenvalue weighted by Gasteiger charge is -2.45. The Labute approximate surface area is 168 Å². The third-order valence-corrected chi connectivity index (χ3v) is 5.61. The van der Waals surface area contributed by atoms with E-state index in [0.717, 1.165) is 11.1 Å². The molecular weight excluding hydrogens is 378 g/mol. The summed E-state index contributed by atoms with van der Waals surface area (Å²) in [4.78, 5) is 26.9. The fraction of sp³-hybridized carbons (Fsp3) is 0.333. The van der Waals surface area contributed by atoms with Gasteiger partial charge in [-0.05, 0) is 43.0 Å². The van der Waals surface area contributed by atoms with Gasteiger partial charge in [0.15, 0.2) is 5.60 Å². The maximum Gasteiger partial charge on any atom is 0.412 e. The average molecular weight is 400 g/mol. The topological polar surface area (TPSA) is 84.7 Å². The van der Waals surface area contributed by atoms with E-state index in [9.17, 15) is 9.59 Å². The van der Waals surface area contributed by atoms with Crippen LogP contribution in [0.15, 0.2) is 48.5 Å². The fourth-order valence-corrected chi connectivity index (χ4v) is 4.25. The van der Waals surface area contributed by atoms with Crippen LogP contribution < -0.4 is 11.1 Å². The zero-order valence-electron chi connectivity index (χ0n) is 15.4. The number of anilines is 1. The van der Waals surface area contributed by atoms with E-state index >= 15 is 0 Å². The number of carbonyl (C=O) groups is 2. The molecule has 4 rings (SSSR count). The molecule has 1 spiro atoms. The number of hydrogen-bond acceptors (Lipinski definition) is 4. The van der Waals surface area contributed by atoms with E-state index < -0.39 is 17.7 Å². The zero-order chi connectivity index (χ0) is 19.7. The highest BCUT2D eigenvalue weighted by Crippen LogP contribution is 2.43. The van der Waals surface area contributed by atoms with Crippen molar-refractivity contribution in [2.75, 3.05) is 18.4 Å². The van der Waals surface area contributed by atoms with Crippen LogP contribution in [0.2, 0.25) is 5.02 Å². The number of carbonyl (C=O) groups excluding carboxylic acids is 2. The molecule has 7 heteroatoms. The summed E-state index contributed by atoms with van der Waals surface area (Å²) in [5.41, 5.74) is 7.80. The Morgan fingerprint density at radius 1 is 1.29 bits per heavy atom. The summed E-state index contributed by atoms with van der Waals surface area (Å²) in [5.74, 6) is -0.138. The molecule has 1 saturated heterocycles. The Bertz CT molecular complexity index is 905. The van der Waals surface area contributed by atoms with Gasteiger partial charge in [0.1, 0.15) is 0 Å². The van der Waals surface area contributed by atoms with Gasteiger partial charge in [-0.1, -0.05) is 41.9 Å². The molecule has 2 aromatic carbocycles. The van der Waals surface area contributed by atoms with Crippen LogP contribution in [0.1, 0.15) is 24.0 Å². The van der Waals surface area contributed by atoms with Crippen LogP contribution in [0.3, 0.4) is 0 Å². The highest BCUT2D eigenvalue weighted by atomic mass is 35.5. The lowest BCUT2D eigenvalue weighted by Crippen LogP contribution is -2.56. The van der Waals surface area contributed by atoms with Gasteiger partial charge in [-0.3, -0.25) is 10.1 Å². The number of benzene rings is 2. The molecule has 2 aliphatic heterocycles. The molecule has 0 aliphatic carbocycles. The molecule has 1 unspecified atom stereocenters. The molecule has 146 valence electrons. The molecule has 0 bridgehead atoms. The molecule has 0 saturated carbocycles. The largest absolute Gasteiger partial charge is 0.436 e. The average Bonchev–Trinajstić information content (AvgIpc) is 2.69. The standard InChI is InChI=1S/C21H22ClN3O3/c22-15-7-8-18-16(12-15)21(28-20(27)24-18)9-4-10-25(13-21)19(26)17(23)11-14-5-2-1-3-6-14/h1-3,5-8,12,17H,4,9-11,13,23H2,(H,24,27)/t17-,21?/m1/s1. The molecule has 28 heavy (non-hydrogen) atoms. The predicted molar refractivity (Wildman–Crippen MR) is 107 cm³/mol. The number of rotatable bonds is 3. The first kappa shape index (κ1) is 18.8. The van der Waals surface area contributed by atoms with Gasteiger partial charge in [0, 0.05) is 17.1 Å². The smallest absolute Gasteiger partial charge is 0.412 e. The van der Waals surface area contributed by atoms with Crippen molar-refractivity contribution in [1.29, 1.82) is 0 Å². The molecule has 2 atom stereocenters. The Kier molecular flexibility index (Phi) is 5.00. The van der Waals surface area contributed by atoms with Crippen LogP contribution in [-0.4, -0.2) is 36.0 Å². The van der Waals surface area contributed by atoms with Crippen LogP contribution in [0.25, 0.3) is 0 Å². The monoisotopic (exact) mass is 399 g/mol. The van der Waals surface area contributed by atoms with E-state index in [1.165, 1.54) is 0 Å². The first-order valence-electron chi connectivity index (χ1n) is 9.35. The van der Waals surface area contributed by atoms with Gasteiger partial charge in [0.2, 0.25) is 5.91 Å². The van der Waals surface area contributed by atoms with Gasteiger partial charge in [-0.2, -0.15) is 0 Å². The van der Waals surface area contributed by atoms with Crippen molar-refractivity contribution < 1.29 is 14.3 Å². The third kappa shape index (κ3) is 3.57. The van der Waals surface area contributed by atoms with Crippen LogP contribution in [-0.2, 0) is 21.6 Å². The third-order valence-electron chi connectivity index (χ3n) is 5.38. The van der Waals surface area contributed by atoms with Gasteiger partial charge in [-0.25, -0.2) is 4.79 Å². The predicted octanol–water partition coefficient (Wildman–Crippen LogP) is 3.29. The second-order valence-electron chi connectivity index (χ2n) is 7.36. The summed E-state index contributed by atoms with van der Waals surface area (Å²) in [5, 5.41) is 3.27. The van der Waals surface area contributed by atoms with Gasteiger partial charge < -0.3 is 15.4 Å². The van der Waals surface area contributed by atoms with Gasteiger partial charge in [0.25, 0.3) is 0 Å². The zero-order valence-corrected chi connectivity index (χ0v) is 16.1. The van der Waals surface area contributed by atoms with Gasteiger partial charge >= 0.3 is 6.09 Å². The molecule has 2 amide bonds. The van der Waals surface area contributed by atoms with Gasteiger partial charge in [-0.15, -0.1) is 0 Å². The number of amides is 2. The number of likely N-dealkylation sites (tertiary alicyclic amines) is 1. The summed E-state index contributed by atoms with van der Waals surface area (Å²) in [6, 6.07) is 14.3. The van der Waals surface area contributed by atoms with Crippen molar-refractivity contribution in [3.63, 3.8) is 0 Å². The molecule has 2 aliphatic rings. The maximum atomic E-state index is 13.0. The number of ether oxygens (including phenoxy) is 1. The number of nitrogens with two attached hydrogens (primary N) is 1. The molecule has 2 aromatic rings. The first-order chi connectivity index (χ1) is 13.5. The number of halogens is 1. The second-order valence-corrected chi connectivity index (χ2v) is 7.79. The van der Waals surface area contributed by atoms with Crippen molar-refractivity contribution in [3.8, 4) is 0 Å². The summed E-state index contributed by atoms with van der Waals surface area (Å²) >= 11 is 6.19. The van der Waals surface area contributed by atoms with E-state index in [1.54, 1.807) is 23.1 Å². The van der Waals surface area contributed by atoms with E-state index in [2.05, 4.69) is 5.32 Å². The van der Waals surface area contributed by atoms with Crippen molar-refractivity contribution in [2.24, 2.45) is 5.73 Å². The Balaban J connectivity index is 1.57. The Hall–Kier alpha value is -2.57. The van der Waals surface area contributed by atoms with Crippen LogP contribution in [0.4, 0.5) is 10.5 Å². The normalized spacial score (nSPS) is 22.2. The molecule has 6 nitrogen and oxygen atoms in total. The maximum absolute atomic E-state index is 13.0. The quantitative estimate of drug-likeness (QED) is 0.829. The summed E-state index contributed by atoms with van der Waals surface area (Å²) < 4.78 is 5.73. The lowest BCUT2D eigenvalue weighted by atomic mass is 9.83. The minimum Gasteiger partial charge on any atom is -0.436 e. The minimum absolute atomic E-state index is 0.138. The van der Waals surface area contributed by atoms with Gasteiger partial charge in [0.05, 0.1) is 18.3 Å². The SMILES string of the molecule is N[C@H](Cc1ccccc1)C(=O)N1CCCC2(C1)OC(=O)Nc1ccc(Cl)cc12. The number of nitrogens with one attached hydrogen (secondary N) is 1. The second kappa shape index (κ2) is 7.45. The molecule has 0 aromatic heterocycles. The fourth-order valence-electron chi connectivity index (χ4n) is 4.07. The van der Waals surface area contributed by atoms with E-state index in [4.69, 9.17) is 22.1 Å². The summed E-state index contributed by atoms with van der Waals surface area (Å²) in [6.07, 6.45) is 1.29. The van der Waals surface area contributed by atoms with E-state index in [0.29, 0.717) is 36.5 Å². The van der Waals surface area contributed by atoms with Crippen LogP contribution >= 0.6 is 11.6 Å². The molecule has 3 N–H and O–H groups in total. The van der Waals surface area contributed by atoms with Crippen LogP contribution in [0, 0.1) is 0 Å². The number of hydrogen-bond donors (Lipinski definition) is 2. The van der Waals surface area contributed by atoms with E-state index in [-0.39, 0.29) is 12.5 Å². The Morgan fingerprint density at radius 2 is 2.07 bits per heavy atom. The molecule has 0 radical (unpaired) electrons. The Morgan fingerprint density at radius 3 is 2.86 bits per heavy atom. The highest BCUT2D eigenvalue weighted by molar-refractivity contribution is 6.30. The number of fused-ring (bicyclic) bond motifs is 2. The molecule has 1 fully saturated rings. The van der Waals surface area contributed by atoms with Crippen molar-refractivity contribution in [1.82, 2.24) is 4.90 Å². The lowest BCUT2D eigenvalue weighted by molar-refractivity contribution is -0.140. The van der Waals surface area contributed by atoms with Crippen molar-refractivity contribution >= 4 is 29.3 Å². The van der Waals surface area contributed by atoms with Crippen LogP contribution in [0.5, 0.6) is 0 Å². The minimum atomic E-state index is -0.900. The first-order valence-corrected chi connectivity index (χ1v) is 9.73. The molecule has 2 heterocycles. The number of piperidine rings is 1. The highest BCUT2D eigenvalue weighted by Gasteiger charge is 2.46. The van der Waals surface area contributed by atoms with Crippen molar-refractivity contribution in [2.45, 2.75) is 30.9 Å². The summed E-state index contributed by atoms with van der Waals surface area (Å²) in [6.45, 7) is 0.860. The number of nitrogens with zero attached hydrogens (tertiary/aromatic N) is 1. The molecular formula is C21H22ClN3O3.